The Hall–Kier alpha value is -0.930. The molecule has 1 rings (SSSR count). The molecule has 0 amide bonds. The second-order valence-corrected chi connectivity index (χ2v) is 1.99. The number of aromatic nitrogens is 1. The van der Waals surface area contributed by atoms with Gasteiger partial charge in [-0.05, 0) is 19.1 Å². The molecule has 0 fully saturated rings. The van der Waals surface area contributed by atoms with Gasteiger partial charge in [0.25, 0.3) is 0 Å². The van der Waals surface area contributed by atoms with E-state index in [1.807, 2.05) is 0 Å². The Balaban J connectivity index is 3.05. The molecule has 0 aromatic carbocycles. The average Bonchev–Trinajstić information content (AvgIpc) is 2.11. The van der Waals surface area contributed by atoms with Gasteiger partial charge >= 0.3 is 6.30 Å². The largest absolute Gasteiger partial charge is 0.488 e. The Morgan fingerprint density at radius 1 is 1.40 bits per heavy atom. The van der Waals surface area contributed by atoms with E-state index in [1.54, 1.807) is 0 Å². The Labute approximate surface area is 56.1 Å². The molecule has 0 bridgehead atoms. The molecule has 0 N–H and O–H groups in total. The van der Waals surface area contributed by atoms with Crippen LogP contribution < -0.4 is 0 Å². The lowest BCUT2D eigenvalue weighted by atomic mass is 10.5. The van der Waals surface area contributed by atoms with Crippen molar-refractivity contribution in [2.45, 2.75) is 13.2 Å². The van der Waals surface area contributed by atoms with Gasteiger partial charge in [-0.15, -0.1) is 13.2 Å². The van der Waals surface area contributed by atoms with Gasteiger partial charge in [-0.1, -0.05) is 0 Å². The first-order valence-corrected chi connectivity index (χ1v) is 2.73. The standard InChI is InChI=1S/C6H6F3N/c1-5-3-2-4-10(5)6(7,8)9/h2-4H,1H3. The molecular formula is C6H6F3N. The fourth-order valence-corrected chi connectivity index (χ4v) is 0.751. The minimum absolute atomic E-state index is 0.201. The quantitative estimate of drug-likeness (QED) is 0.533. The summed E-state index contributed by atoms with van der Waals surface area (Å²) < 4.78 is 35.8. The van der Waals surface area contributed by atoms with Gasteiger partial charge in [-0.2, -0.15) is 0 Å². The molecule has 0 aliphatic rings. The SMILES string of the molecule is Cc1cccn1C(F)(F)F. The fourth-order valence-electron chi connectivity index (χ4n) is 0.751. The molecule has 0 radical (unpaired) electrons. The molecule has 1 nitrogen and oxygen atoms in total. The summed E-state index contributed by atoms with van der Waals surface area (Å²) in [4.78, 5) is 0. The van der Waals surface area contributed by atoms with Crippen LogP contribution in [0.5, 0.6) is 0 Å². The third-order valence-electron chi connectivity index (χ3n) is 1.23. The van der Waals surface area contributed by atoms with E-state index in [0.29, 0.717) is 0 Å². The molecule has 0 spiro atoms. The summed E-state index contributed by atoms with van der Waals surface area (Å²) in [5.41, 5.74) is 0.201. The van der Waals surface area contributed by atoms with Crippen LogP contribution in [-0.4, -0.2) is 4.57 Å². The smallest absolute Gasteiger partial charge is 0.264 e. The summed E-state index contributed by atoms with van der Waals surface area (Å²) in [5.74, 6) is 0. The zero-order valence-corrected chi connectivity index (χ0v) is 5.31. The van der Waals surface area contributed by atoms with E-state index < -0.39 is 6.30 Å². The molecule has 10 heavy (non-hydrogen) atoms. The minimum Gasteiger partial charge on any atom is -0.264 e. The highest BCUT2D eigenvalue weighted by Crippen LogP contribution is 2.23. The van der Waals surface area contributed by atoms with Gasteiger partial charge in [0.15, 0.2) is 0 Å². The van der Waals surface area contributed by atoms with Crippen molar-refractivity contribution >= 4 is 0 Å². The zero-order chi connectivity index (χ0) is 7.78. The van der Waals surface area contributed by atoms with Gasteiger partial charge in [0.1, 0.15) is 0 Å². The molecule has 0 atom stereocenters. The van der Waals surface area contributed by atoms with Gasteiger partial charge in [0.05, 0.1) is 0 Å². The predicted octanol–water partition coefficient (Wildman–Crippen LogP) is 2.27. The maximum Gasteiger partial charge on any atom is 0.488 e. The van der Waals surface area contributed by atoms with Gasteiger partial charge < -0.3 is 0 Å². The lowest BCUT2D eigenvalue weighted by Crippen LogP contribution is -2.16. The van der Waals surface area contributed by atoms with Crippen LogP contribution in [0.2, 0.25) is 0 Å². The van der Waals surface area contributed by atoms with E-state index in [9.17, 15) is 13.2 Å². The van der Waals surface area contributed by atoms with E-state index in [0.717, 1.165) is 6.20 Å². The van der Waals surface area contributed by atoms with Crippen LogP contribution in [0.15, 0.2) is 18.3 Å². The monoisotopic (exact) mass is 149 g/mol. The number of aryl methyl sites for hydroxylation is 1. The number of halogens is 3. The molecule has 1 heterocycles. The second kappa shape index (κ2) is 2.04. The zero-order valence-electron chi connectivity index (χ0n) is 5.31. The van der Waals surface area contributed by atoms with Crippen LogP contribution in [0.4, 0.5) is 13.2 Å². The van der Waals surface area contributed by atoms with Crippen LogP contribution in [0.25, 0.3) is 0 Å². The Morgan fingerprint density at radius 3 is 2.20 bits per heavy atom. The van der Waals surface area contributed by atoms with Crippen molar-refractivity contribution in [2.24, 2.45) is 0 Å². The topological polar surface area (TPSA) is 4.93 Å². The van der Waals surface area contributed by atoms with Crippen LogP contribution in [-0.2, 0) is 6.30 Å². The van der Waals surface area contributed by atoms with Crippen molar-refractivity contribution in [1.29, 1.82) is 0 Å². The molecule has 0 unspecified atom stereocenters. The van der Waals surface area contributed by atoms with Crippen molar-refractivity contribution in [3.63, 3.8) is 0 Å². The van der Waals surface area contributed by atoms with E-state index in [2.05, 4.69) is 0 Å². The summed E-state index contributed by atoms with van der Waals surface area (Å²) in [6.07, 6.45) is -3.27. The van der Waals surface area contributed by atoms with E-state index >= 15 is 0 Å². The van der Waals surface area contributed by atoms with E-state index in [4.69, 9.17) is 0 Å². The maximum absolute atomic E-state index is 11.8. The summed E-state index contributed by atoms with van der Waals surface area (Å²) in [6.45, 7) is 1.41. The summed E-state index contributed by atoms with van der Waals surface area (Å²) >= 11 is 0. The minimum atomic E-state index is -4.27. The number of hydrogen-bond acceptors (Lipinski definition) is 0. The Kier molecular flexibility index (Phi) is 1.46. The molecular weight excluding hydrogens is 143 g/mol. The molecule has 0 saturated heterocycles. The van der Waals surface area contributed by atoms with Gasteiger partial charge in [0.2, 0.25) is 0 Å². The van der Waals surface area contributed by atoms with Crippen LogP contribution in [0, 0.1) is 6.92 Å². The Bertz CT molecular complexity index is 223. The molecule has 0 aliphatic heterocycles. The number of nitrogens with zero attached hydrogens (tertiary/aromatic N) is 1. The van der Waals surface area contributed by atoms with E-state index in [-0.39, 0.29) is 10.3 Å². The number of rotatable bonds is 0. The first-order chi connectivity index (χ1) is 4.52. The highest BCUT2D eigenvalue weighted by atomic mass is 19.4. The first-order valence-electron chi connectivity index (χ1n) is 2.73. The molecule has 1 aromatic rings. The third-order valence-corrected chi connectivity index (χ3v) is 1.23. The summed E-state index contributed by atoms with van der Waals surface area (Å²) in [7, 11) is 0. The Morgan fingerprint density at radius 2 is 2.00 bits per heavy atom. The highest BCUT2D eigenvalue weighted by Gasteiger charge is 2.30. The molecule has 0 aliphatic carbocycles. The third kappa shape index (κ3) is 1.15. The maximum atomic E-state index is 11.8. The van der Waals surface area contributed by atoms with Crippen LogP contribution in [0.1, 0.15) is 5.69 Å². The van der Waals surface area contributed by atoms with Crippen LogP contribution >= 0.6 is 0 Å². The predicted molar refractivity (Wildman–Crippen MR) is 30.5 cm³/mol. The molecule has 1 aromatic heterocycles. The normalized spacial score (nSPS) is 12.0. The van der Waals surface area contributed by atoms with Gasteiger partial charge in [-0.25, -0.2) is 0 Å². The number of alkyl halides is 3. The van der Waals surface area contributed by atoms with E-state index in [1.165, 1.54) is 19.1 Å². The average molecular weight is 149 g/mol. The molecule has 0 saturated carbocycles. The lowest BCUT2D eigenvalue weighted by molar-refractivity contribution is -0.204. The summed E-state index contributed by atoms with van der Waals surface area (Å²) in [6, 6.07) is 2.77. The van der Waals surface area contributed by atoms with Crippen molar-refractivity contribution in [2.75, 3.05) is 0 Å². The molecule has 56 valence electrons. The van der Waals surface area contributed by atoms with Gasteiger partial charge in [0, 0.05) is 11.9 Å². The van der Waals surface area contributed by atoms with Crippen molar-refractivity contribution in [1.82, 2.24) is 4.57 Å². The van der Waals surface area contributed by atoms with Gasteiger partial charge in [-0.3, -0.25) is 4.57 Å². The van der Waals surface area contributed by atoms with Crippen molar-refractivity contribution in [3.8, 4) is 0 Å². The second-order valence-electron chi connectivity index (χ2n) is 1.99. The first kappa shape index (κ1) is 7.18. The fraction of sp³-hybridized carbons (Fsp3) is 0.333. The van der Waals surface area contributed by atoms with Crippen molar-refractivity contribution in [3.05, 3.63) is 24.0 Å². The summed E-state index contributed by atoms with van der Waals surface area (Å²) in [5, 5.41) is 0. The highest BCUT2D eigenvalue weighted by molar-refractivity contribution is 5.05. The molecule has 4 heteroatoms. The number of hydrogen-bond donors (Lipinski definition) is 0. The van der Waals surface area contributed by atoms with Crippen LogP contribution in [0.3, 0.4) is 0 Å². The lowest BCUT2D eigenvalue weighted by Gasteiger charge is -2.08. The van der Waals surface area contributed by atoms with Crippen molar-refractivity contribution < 1.29 is 13.2 Å².